The fraction of sp³-hybridized carbons (Fsp3) is 0.474. The Morgan fingerprint density at radius 2 is 1.62 bits per heavy atom. The summed E-state index contributed by atoms with van der Waals surface area (Å²) in [5.74, 6) is 1.55. The molecule has 1 aliphatic carbocycles. The van der Waals surface area contributed by atoms with E-state index in [9.17, 15) is 0 Å². The van der Waals surface area contributed by atoms with E-state index in [-0.39, 0.29) is 6.04 Å². The molecule has 21 heavy (non-hydrogen) atoms. The van der Waals surface area contributed by atoms with E-state index in [1.807, 2.05) is 6.07 Å². The highest BCUT2D eigenvalue weighted by Gasteiger charge is 2.21. The lowest BCUT2D eigenvalue weighted by atomic mass is 9.87. The molecule has 1 aliphatic rings. The van der Waals surface area contributed by atoms with E-state index in [1.54, 1.807) is 7.11 Å². The molecule has 112 valence electrons. The van der Waals surface area contributed by atoms with Crippen LogP contribution < -0.4 is 10.5 Å². The number of methoxy groups -OCH3 is 1. The smallest absolute Gasteiger partial charge is 0.119 e. The predicted octanol–water partition coefficient (Wildman–Crippen LogP) is 4.82. The molecule has 1 saturated carbocycles. The van der Waals surface area contributed by atoms with Gasteiger partial charge in [-0.3, -0.25) is 0 Å². The molecule has 2 aromatic carbocycles. The van der Waals surface area contributed by atoms with E-state index in [0.29, 0.717) is 5.92 Å². The van der Waals surface area contributed by atoms with Crippen molar-refractivity contribution >= 4 is 10.8 Å². The summed E-state index contributed by atoms with van der Waals surface area (Å²) in [5.41, 5.74) is 7.84. The van der Waals surface area contributed by atoms with Crippen LogP contribution >= 0.6 is 0 Å². The van der Waals surface area contributed by atoms with Crippen molar-refractivity contribution in [2.75, 3.05) is 7.11 Å². The Morgan fingerprint density at radius 3 is 2.33 bits per heavy atom. The topological polar surface area (TPSA) is 35.2 Å². The van der Waals surface area contributed by atoms with E-state index in [4.69, 9.17) is 10.5 Å². The molecule has 0 aromatic heterocycles. The summed E-state index contributed by atoms with van der Waals surface area (Å²) < 4.78 is 5.28. The quantitative estimate of drug-likeness (QED) is 0.820. The molecule has 1 atom stereocenters. The van der Waals surface area contributed by atoms with Gasteiger partial charge in [0.25, 0.3) is 0 Å². The Balaban J connectivity index is 1.85. The van der Waals surface area contributed by atoms with Crippen LogP contribution in [-0.2, 0) is 0 Å². The van der Waals surface area contributed by atoms with Crippen molar-refractivity contribution in [2.45, 2.75) is 44.6 Å². The van der Waals surface area contributed by atoms with Gasteiger partial charge in [-0.2, -0.15) is 0 Å². The molecule has 1 fully saturated rings. The first-order valence-corrected chi connectivity index (χ1v) is 8.11. The van der Waals surface area contributed by atoms with Crippen LogP contribution in [0, 0.1) is 5.92 Å². The molecule has 0 bridgehead atoms. The zero-order chi connectivity index (χ0) is 14.7. The highest BCUT2D eigenvalue weighted by atomic mass is 16.5. The van der Waals surface area contributed by atoms with Crippen LogP contribution in [-0.4, -0.2) is 7.11 Å². The fourth-order valence-electron chi connectivity index (χ4n) is 3.52. The first kappa shape index (κ1) is 14.4. The molecular weight excluding hydrogens is 258 g/mol. The molecule has 0 amide bonds. The summed E-state index contributed by atoms with van der Waals surface area (Å²) in [7, 11) is 1.71. The Labute approximate surface area is 127 Å². The zero-order valence-corrected chi connectivity index (χ0v) is 12.8. The van der Waals surface area contributed by atoms with Crippen LogP contribution in [0.4, 0.5) is 0 Å². The second-order valence-corrected chi connectivity index (χ2v) is 6.25. The van der Waals surface area contributed by atoms with E-state index in [2.05, 4.69) is 30.3 Å². The molecule has 0 radical (unpaired) electrons. The lowest BCUT2D eigenvalue weighted by molar-refractivity contribution is 0.382. The number of hydrogen-bond acceptors (Lipinski definition) is 2. The molecule has 0 saturated heterocycles. The minimum absolute atomic E-state index is 0.176. The fourth-order valence-corrected chi connectivity index (χ4v) is 3.52. The third-order valence-electron chi connectivity index (χ3n) is 4.86. The van der Waals surface area contributed by atoms with Crippen LogP contribution in [0.3, 0.4) is 0 Å². The maximum Gasteiger partial charge on any atom is 0.119 e. The number of hydrogen-bond donors (Lipinski definition) is 1. The zero-order valence-electron chi connectivity index (χ0n) is 12.8. The van der Waals surface area contributed by atoms with Crippen LogP contribution in [0.25, 0.3) is 10.8 Å². The number of rotatable bonds is 3. The summed E-state index contributed by atoms with van der Waals surface area (Å²) in [5, 5.41) is 2.46. The van der Waals surface area contributed by atoms with Gasteiger partial charge in [0.15, 0.2) is 0 Å². The van der Waals surface area contributed by atoms with Crippen molar-refractivity contribution in [1.29, 1.82) is 0 Å². The molecule has 0 heterocycles. The Kier molecular flexibility index (Phi) is 4.45. The van der Waals surface area contributed by atoms with Gasteiger partial charge in [-0.05, 0) is 53.3 Å². The van der Waals surface area contributed by atoms with Gasteiger partial charge in [-0.1, -0.05) is 43.9 Å². The third kappa shape index (κ3) is 3.21. The lowest BCUT2D eigenvalue weighted by Gasteiger charge is -2.23. The molecule has 1 unspecified atom stereocenters. The van der Waals surface area contributed by atoms with E-state index in [0.717, 1.165) is 5.75 Å². The minimum atomic E-state index is 0.176. The maximum atomic E-state index is 6.56. The predicted molar refractivity (Wildman–Crippen MR) is 88.6 cm³/mol. The van der Waals surface area contributed by atoms with Crippen LogP contribution in [0.1, 0.15) is 50.1 Å². The molecule has 0 spiro atoms. The summed E-state index contributed by atoms with van der Waals surface area (Å²) in [6.07, 6.45) is 7.98. The minimum Gasteiger partial charge on any atom is -0.497 e. The van der Waals surface area contributed by atoms with Crippen molar-refractivity contribution in [3.05, 3.63) is 42.0 Å². The molecule has 2 heteroatoms. The van der Waals surface area contributed by atoms with Crippen molar-refractivity contribution < 1.29 is 4.74 Å². The Hall–Kier alpha value is -1.54. The average molecular weight is 283 g/mol. The molecule has 2 aromatic rings. The van der Waals surface area contributed by atoms with Gasteiger partial charge in [0.2, 0.25) is 0 Å². The van der Waals surface area contributed by atoms with Crippen LogP contribution in [0.5, 0.6) is 5.75 Å². The highest BCUT2D eigenvalue weighted by molar-refractivity contribution is 5.84. The molecule has 2 nitrogen and oxygen atoms in total. The van der Waals surface area contributed by atoms with Crippen LogP contribution in [0.2, 0.25) is 0 Å². The number of ether oxygens (including phenoxy) is 1. The molecular formula is C19H25NO. The second kappa shape index (κ2) is 6.48. The summed E-state index contributed by atoms with van der Waals surface area (Å²) in [6, 6.07) is 13.0. The SMILES string of the molecule is COc1ccc2cc(C(N)C3CCCCCC3)ccc2c1. The summed E-state index contributed by atoms with van der Waals surface area (Å²) in [6.45, 7) is 0. The normalized spacial score (nSPS) is 18.4. The van der Waals surface area contributed by atoms with E-state index >= 15 is 0 Å². The van der Waals surface area contributed by atoms with Gasteiger partial charge in [0, 0.05) is 6.04 Å². The van der Waals surface area contributed by atoms with Crippen molar-refractivity contribution in [2.24, 2.45) is 11.7 Å². The Bertz CT molecular complexity index is 600. The largest absolute Gasteiger partial charge is 0.497 e. The number of fused-ring (bicyclic) bond motifs is 1. The van der Waals surface area contributed by atoms with Gasteiger partial charge in [0.1, 0.15) is 5.75 Å². The monoisotopic (exact) mass is 283 g/mol. The molecule has 0 aliphatic heterocycles. The van der Waals surface area contributed by atoms with E-state index in [1.165, 1.54) is 54.9 Å². The van der Waals surface area contributed by atoms with Gasteiger partial charge < -0.3 is 10.5 Å². The lowest BCUT2D eigenvalue weighted by Crippen LogP contribution is -2.21. The summed E-state index contributed by atoms with van der Waals surface area (Å²) >= 11 is 0. The van der Waals surface area contributed by atoms with Gasteiger partial charge in [-0.25, -0.2) is 0 Å². The van der Waals surface area contributed by atoms with Gasteiger partial charge >= 0.3 is 0 Å². The van der Waals surface area contributed by atoms with Gasteiger partial charge in [0.05, 0.1) is 7.11 Å². The average Bonchev–Trinajstić information content (AvgIpc) is 2.82. The van der Waals surface area contributed by atoms with Crippen molar-refractivity contribution in [3.63, 3.8) is 0 Å². The van der Waals surface area contributed by atoms with Crippen LogP contribution in [0.15, 0.2) is 36.4 Å². The molecule has 3 rings (SSSR count). The number of benzene rings is 2. The second-order valence-electron chi connectivity index (χ2n) is 6.25. The standard InChI is InChI=1S/C19H25NO/c1-21-18-11-10-15-12-17(9-8-16(15)13-18)19(20)14-6-4-2-3-5-7-14/h8-14,19H,2-7,20H2,1H3. The van der Waals surface area contributed by atoms with Crippen molar-refractivity contribution in [3.8, 4) is 5.75 Å². The summed E-state index contributed by atoms with van der Waals surface area (Å²) in [4.78, 5) is 0. The number of nitrogens with two attached hydrogens (primary N) is 1. The highest BCUT2D eigenvalue weighted by Crippen LogP contribution is 2.33. The first-order valence-electron chi connectivity index (χ1n) is 8.11. The third-order valence-corrected chi connectivity index (χ3v) is 4.86. The molecule has 2 N–H and O–H groups in total. The van der Waals surface area contributed by atoms with Crippen molar-refractivity contribution in [1.82, 2.24) is 0 Å². The Morgan fingerprint density at radius 1 is 0.952 bits per heavy atom. The van der Waals surface area contributed by atoms with E-state index < -0.39 is 0 Å². The maximum absolute atomic E-state index is 6.56. The van der Waals surface area contributed by atoms with Gasteiger partial charge in [-0.15, -0.1) is 0 Å². The first-order chi connectivity index (χ1) is 10.3.